The minimum absolute atomic E-state index is 0.0375. The SMILES string of the molecule is CC(C)(C)[Si](C)(C)OC[C@H]1CN2C(=O)C[C@@H]2O1. The van der Waals surface area contributed by atoms with Crippen LogP contribution in [-0.4, -0.2) is 44.6 Å². The number of amides is 1. The number of hydrogen-bond donors (Lipinski definition) is 0. The molecule has 0 aromatic rings. The summed E-state index contributed by atoms with van der Waals surface area (Å²) in [6.07, 6.45) is 0.660. The Labute approximate surface area is 104 Å². The van der Waals surface area contributed by atoms with Crippen molar-refractivity contribution in [1.29, 1.82) is 0 Å². The van der Waals surface area contributed by atoms with Crippen LogP contribution in [0.5, 0.6) is 0 Å². The average molecular weight is 257 g/mol. The molecule has 0 radical (unpaired) electrons. The molecule has 0 bridgehead atoms. The van der Waals surface area contributed by atoms with Crippen LogP contribution < -0.4 is 0 Å². The van der Waals surface area contributed by atoms with Crippen molar-refractivity contribution in [3.8, 4) is 0 Å². The van der Waals surface area contributed by atoms with E-state index in [0.717, 1.165) is 0 Å². The first kappa shape index (κ1) is 13.0. The van der Waals surface area contributed by atoms with Crippen LogP contribution in [0.25, 0.3) is 0 Å². The number of carbonyl (C=O) groups is 1. The van der Waals surface area contributed by atoms with E-state index >= 15 is 0 Å². The van der Waals surface area contributed by atoms with Gasteiger partial charge in [0.25, 0.3) is 0 Å². The van der Waals surface area contributed by atoms with Crippen LogP contribution in [-0.2, 0) is 14.0 Å². The molecular weight excluding hydrogens is 234 g/mol. The van der Waals surface area contributed by atoms with E-state index in [4.69, 9.17) is 9.16 Å². The van der Waals surface area contributed by atoms with E-state index in [1.165, 1.54) is 0 Å². The maximum absolute atomic E-state index is 11.2. The molecule has 98 valence electrons. The lowest BCUT2D eigenvalue weighted by molar-refractivity contribution is -0.156. The number of nitrogens with zero attached hydrogens (tertiary/aromatic N) is 1. The van der Waals surface area contributed by atoms with Crippen molar-refractivity contribution in [2.75, 3.05) is 13.2 Å². The highest BCUT2D eigenvalue weighted by molar-refractivity contribution is 6.74. The quantitative estimate of drug-likeness (QED) is 0.573. The summed E-state index contributed by atoms with van der Waals surface area (Å²) < 4.78 is 11.9. The highest BCUT2D eigenvalue weighted by Crippen LogP contribution is 2.37. The summed E-state index contributed by atoms with van der Waals surface area (Å²) in [4.78, 5) is 13.0. The molecular formula is C12H23NO3Si. The normalized spacial score (nSPS) is 29.2. The smallest absolute Gasteiger partial charge is 0.229 e. The summed E-state index contributed by atoms with van der Waals surface area (Å²) in [5.41, 5.74) is 0. The van der Waals surface area contributed by atoms with Gasteiger partial charge in [0, 0.05) is 0 Å². The molecule has 2 heterocycles. The fourth-order valence-corrected chi connectivity index (χ4v) is 2.90. The van der Waals surface area contributed by atoms with Crippen LogP contribution in [0.15, 0.2) is 0 Å². The van der Waals surface area contributed by atoms with Crippen LogP contribution in [0, 0.1) is 0 Å². The van der Waals surface area contributed by atoms with E-state index in [9.17, 15) is 4.79 Å². The molecule has 0 N–H and O–H groups in total. The Kier molecular flexibility index (Phi) is 3.12. The van der Waals surface area contributed by atoms with Gasteiger partial charge < -0.3 is 14.1 Å². The Bertz CT molecular complexity index is 324. The summed E-state index contributed by atoms with van der Waals surface area (Å²) in [6.45, 7) is 12.5. The molecule has 0 spiro atoms. The van der Waals surface area contributed by atoms with E-state index in [1.54, 1.807) is 4.90 Å². The maximum atomic E-state index is 11.2. The molecule has 4 nitrogen and oxygen atoms in total. The number of carbonyl (C=O) groups excluding carboxylic acids is 1. The van der Waals surface area contributed by atoms with Gasteiger partial charge in [-0.15, -0.1) is 0 Å². The predicted molar refractivity (Wildman–Crippen MR) is 68.1 cm³/mol. The molecule has 2 aliphatic rings. The minimum atomic E-state index is -1.70. The summed E-state index contributed by atoms with van der Waals surface area (Å²) in [5.74, 6) is 0.213. The number of rotatable bonds is 3. The van der Waals surface area contributed by atoms with Gasteiger partial charge >= 0.3 is 0 Å². The third-order valence-corrected chi connectivity index (χ3v) is 8.70. The van der Waals surface area contributed by atoms with Crippen LogP contribution >= 0.6 is 0 Å². The van der Waals surface area contributed by atoms with E-state index < -0.39 is 8.32 Å². The molecule has 0 aromatic carbocycles. The van der Waals surface area contributed by atoms with E-state index in [2.05, 4.69) is 33.9 Å². The lowest BCUT2D eigenvalue weighted by Crippen LogP contribution is -2.48. The highest BCUT2D eigenvalue weighted by atomic mass is 28.4. The van der Waals surface area contributed by atoms with Gasteiger partial charge in [-0.2, -0.15) is 0 Å². The van der Waals surface area contributed by atoms with Crippen LogP contribution in [0.1, 0.15) is 27.2 Å². The number of hydrogen-bond acceptors (Lipinski definition) is 3. The fraction of sp³-hybridized carbons (Fsp3) is 0.917. The van der Waals surface area contributed by atoms with E-state index in [1.807, 2.05) is 0 Å². The molecule has 1 amide bonds. The molecule has 17 heavy (non-hydrogen) atoms. The predicted octanol–water partition coefficient (Wildman–Crippen LogP) is 1.97. The molecule has 0 aromatic heterocycles. The summed E-state index contributed by atoms with van der Waals surface area (Å²) in [5, 5.41) is 0.223. The second-order valence-electron chi connectivity index (χ2n) is 6.53. The Balaban J connectivity index is 1.82. The Morgan fingerprint density at radius 3 is 2.59 bits per heavy atom. The zero-order valence-corrected chi connectivity index (χ0v) is 12.4. The van der Waals surface area contributed by atoms with Crippen molar-refractivity contribution in [3.63, 3.8) is 0 Å². The number of ether oxygens (including phenoxy) is 1. The number of fused-ring (bicyclic) bond motifs is 1. The molecule has 2 saturated heterocycles. The third-order valence-electron chi connectivity index (χ3n) is 4.20. The van der Waals surface area contributed by atoms with Crippen molar-refractivity contribution in [3.05, 3.63) is 0 Å². The van der Waals surface area contributed by atoms with E-state index in [0.29, 0.717) is 19.6 Å². The zero-order valence-electron chi connectivity index (χ0n) is 11.4. The molecule has 0 aliphatic carbocycles. The van der Waals surface area contributed by atoms with Crippen LogP contribution in [0.4, 0.5) is 0 Å². The Hall–Kier alpha value is -0.393. The first-order valence-electron chi connectivity index (χ1n) is 6.29. The molecule has 0 saturated carbocycles. The summed E-state index contributed by atoms with van der Waals surface area (Å²) in [6, 6.07) is 0. The molecule has 2 fully saturated rings. The maximum Gasteiger partial charge on any atom is 0.229 e. The van der Waals surface area contributed by atoms with Gasteiger partial charge in [0.15, 0.2) is 8.32 Å². The Morgan fingerprint density at radius 1 is 1.47 bits per heavy atom. The second-order valence-corrected chi connectivity index (χ2v) is 11.3. The van der Waals surface area contributed by atoms with Gasteiger partial charge in [0.1, 0.15) is 6.23 Å². The standard InChI is InChI=1S/C12H23NO3Si/c1-12(2,3)17(4,5)15-8-9-7-13-10(14)6-11(13)16-9/h9,11H,6-8H2,1-5H3/t9-,11+/m1/s1. The summed E-state index contributed by atoms with van der Waals surface area (Å²) in [7, 11) is -1.70. The largest absolute Gasteiger partial charge is 0.414 e. The van der Waals surface area contributed by atoms with Gasteiger partial charge in [0.05, 0.1) is 25.7 Å². The van der Waals surface area contributed by atoms with E-state index in [-0.39, 0.29) is 23.3 Å². The van der Waals surface area contributed by atoms with Crippen molar-refractivity contribution >= 4 is 14.2 Å². The van der Waals surface area contributed by atoms with Gasteiger partial charge in [-0.3, -0.25) is 4.79 Å². The Morgan fingerprint density at radius 2 is 2.12 bits per heavy atom. The van der Waals surface area contributed by atoms with Crippen molar-refractivity contribution in [2.24, 2.45) is 0 Å². The van der Waals surface area contributed by atoms with Crippen molar-refractivity contribution in [2.45, 2.75) is 57.7 Å². The zero-order chi connectivity index (χ0) is 12.8. The molecule has 2 atom stereocenters. The second kappa shape index (κ2) is 4.07. The van der Waals surface area contributed by atoms with Crippen LogP contribution in [0.3, 0.4) is 0 Å². The molecule has 2 aliphatic heterocycles. The molecule has 5 heteroatoms. The minimum Gasteiger partial charge on any atom is -0.414 e. The number of β-lactam (4-membered cyclic amide) rings is 1. The first-order chi connectivity index (χ1) is 7.71. The molecule has 2 rings (SSSR count). The monoisotopic (exact) mass is 257 g/mol. The van der Waals surface area contributed by atoms with Gasteiger partial charge in [0.2, 0.25) is 5.91 Å². The molecule has 0 unspecified atom stereocenters. The van der Waals surface area contributed by atoms with Gasteiger partial charge in [-0.1, -0.05) is 20.8 Å². The lowest BCUT2D eigenvalue weighted by atomic mass is 10.2. The van der Waals surface area contributed by atoms with Gasteiger partial charge in [-0.25, -0.2) is 0 Å². The average Bonchev–Trinajstić information content (AvgIpc) is 2.50. The summed E-state index contributed by atoms with van der Waals surface area (Å²) >= 11 is 0. The van der Waals surface area contributed by atoms with Crippen molar-refractivity contribution < 1.29 is 14.0 Å². The van der Waals surface area contributed by atoms with Crippen molar-refractivity contribution in [1.82, 2.24) is 4.90 Å². The topological polar surface area (TPSA) is 38.8 Å². The highest BCUT2D eigenvalue weighted by Gasteiger charge is 2.46. The van der Waals surface area contributed by atoms with Gasteiger partial charge in [-0.05, 0) is 18.1 Å². The first-order valence-corrected chi connectivity index (χ1v) is 9.20. The van der Waals surface area contributed by atoms with Crippen LogP contribution in [0.2, 0.25) is 18.1 Å². The fourth-order valence-electron chi connectivity index (χ4n) is 1.86. The third kappa shape index (κ3) is 2.41. The lowest BCUT2D eigenvalue weighted by Gasteiger charge is -2.36.